The summed E-state index contributed by atoms with van der Waals surface area (Å²) in [4.78, 5) is 30.9. The van der Waals surface area contributed by atoms with Crippen molar-refractivity contribution in [2.24, 2.45) is 0 Å². The summed E-state index contributed by atoms with van der Waals surface area (Å²) in [5, 5.41) is 0.492. The Bertz CT molecular complexity index is 780. The molecule has 5 nitrogen and oxygen atoms in total. The van der Waals surface area contributed by atoms with Gasteiger partial charge in [-0.3, -0.25) is 4.79 Å². The quantitative estimate of drug-likeness (QED) is 0.840. The van der Waals surface area contributed by atoms with Crippen LogP contribution < -0.4 is 0 Å². The highest BCUT2D eigenvalue weighted by molar-refractivity contribution is 7.20. The highest BCUT2D eigenvalue weighted by Crippen LogP contribution is 2.28. The number of hydrogen-bond acceptors (Lipinski definition) is 3. The van der Waals surface area contributed by atoms with Crippen LogP contribution in [0.2, 0.25) is 0 Å². The Balaban J connectivity index is 1.67. The predicted molar refractivity (Wildman–Crippen MR) is 97.6 cm³/mol. The van der Waals surface area contributed by atoms with E-state index in [1.807, 2.05) is 19.9 Å². The van der Waals surface area contributed by atoms with Crippen molar-refractivity contribution in [3.63, 3.8) is 0 Å². The van der Waals surface area contributed by atoms with Gasteiger partial charge in [-0.1, -0.05) is 6.07 Å². The SMILES string of the molecule is CCN(CC)C(=O)N1CCN(C(=O)c2cc3c(F)cccc3s2)CC1. The Kier molecular flexibility index (Phi) is 5.22. The summed E-state index contributed by atoms with van der Waals surface area (Å²) in [6, 6.07) is 6.54. The second-order valence-electron chi connectivity index (χ2n) is 6.00. The Morgan fingerprint density at radius 3 is 2.36 bits per heavy atom. The second-order valence-corrected chi connectivity index (χ2v) is 7.08. The van der Waals surface area contributed by atoms with Crippen molar-refractivity contribution in [3.8, 4) is 0 Å². The van der Waals surface area contributed by atoms with Crippen molar-refractivity contribution < 1.29 is 14.0 Å². The number of halogens is 1. The summed E-state index contributed by atoms with van der Waals surface area (Å²) >= 11 is 1.31. The monoisotopic (exact) mass is 363 g/mol. The number of rotatable bonds is 3. The van der Waals surface area contributed by atoms with Crippen molar-refractivity contribution in [2.45, 2.75) is 13.8 Å². The normalized spacial score (nSPS) is 14.8. The summed E-state index contributed by atoms with van der Waals surface area (Å²) in [7, 11) is 0. The van der Waals surface area contributed by atoms with Crippen LogP contribution in [-0.4, -0.2) is 65.9 Å². The van der Waals surface area contributed by atoms with Gasteiger partial charge in [0.25, 0.3) is 5.91 Å². The van der Waals surface area contributed by atoms with Crippen molar-refractivity contribution in [2.75, 3.05) is 39.3 Å². The molecule has 0 aliphatic carbocycles. The fourth-order valence-electron chi connectivity index (χ4n) is 3.08. The second kappa shape index (κ2) is 7.39. The van der Waals surface area contributed by atoms with Crippen LogP contribution in [0.1, 0.15) is 23.5 Å². The van der Waals surface area contributed by atoms with E-state index in [-0.39, 0.29) is 17.8 Å². The molecule has 1 saturated heterocycles. The van der Waals surface area contributed by atoms with Crippen LogP contribution in [0.4, 0.5) is 9.18 Å². The average molecular weight is 363 g/mol. The molecule has 1 fully saturated rings. The van der Waals surface area contributed by atoms with Gasteiger partial charge in [0.1, 0.15) is 5.82 Å². The topological polar surface area (TPSA) is 43.9 Å². The van der Waals surface area contributed by atoms with Crippen molar-refractivity contribution in [1.82, 2.24) is 14.7 Å². The third-order valence-electron chi connectivity index (χ3n) is 4.59. The van der Waals surface area contributed by atoms with Crippen LogP contribution in [0.15, 0.2) is 24.3 Å². The van der Waals surface area contributed by atoms with Crippen LogP contribution in [0, 0.1) is 5.82 Å². The maximum Gasteiger partial charge on any atom is 0.320 e. The zero-order valence-corrected chi connectivity index (χ0v) is 15.3. The largest absolute Gasteiger partial charge is 0.334 e. The molecule has 0 unspecified atom stereocenters. The maximum absolute atomic E-state index is 13.8. The van der Waals surface area contributed by atoms with Gasteiger partial charge in [-0.2, -0.15) is 0 Å². The third kappa shape index (κ3) is 3.46. The van der Waals surface area contributed by atoms with Gasteiger partial charge in [-0.25, -0.2) is 9.18 Å². The fourth-order valence-corrected chi connectivity index (χ4v) is 4.12. The number of benzene rings is 1. The molecule has 1 aromatic carbocycles. The van der Waals surface area contributed by atoms with E-state index in [0.717, 1.165) is 4.70 Å². The number of amides is 3. The standard InChI is InChI=1S/C18H22FN3O2S/c1-3-20(4-2)18(24)22-10-8-21(9-11-22)17(23)16-12-13-14(19)6-5-7-15(13)25-16/h5-7,12H,3-4,8-11H2,1-2H3. The van der Waals surface area contributed by atoms with E-state index in [4.69, 9.17) is 0 Å². The molecule has 2 heterocycles. The van der Waals surface area contributed by atoms with E-state index in [9.17, 15) is 14.0 Å². The first-order chi connectivity index (χ1) is 12.0. The minimum Gasteiger partial charge on any atom is -0.334 e. The Morgan fingerprint density at radius 1 is 1.12 bits per heavy atom. The number of fused-ring (bicyclic) bond motifs is 1. The summed E-state index contributed by atoms with van der Waals surface area (Å²) in [6.07, 6.45) is 0. The molecule has 3 rings (SSSR count). The molecule has 0 N–H and O–H groups in total. The number of carbonyl (C=O) groups is 2. The summed E-state index contributed by atoms with van der Waals surface area (Å²) in [5.74, 6) is -0.391. The van der Waals surface area contributed by atoms with Gasteiger partial charge in [0.2, 0.25) is 0 Å². The van der Waals surface area contributed by atoms with E-state index in [1.165, 1.54) is 17.4 Å². The van der Waals surface area contributed by atoms with Crippen LogP contribution in [0.25, 0.3) is 10.1 Å². The van der Waals surface area contributed by atoms with E-state index < -0.39 is 0 Å². The molecule has 1 aromatic heterocycles. The lowest BCUT2D eigenvalue weighted by molar-refractivity contribution is 0.0646. The smallest absolute Gasteiger partial charge is 0.320 e. The minimum atomic E-state index is -0.303. The van der Waals surface area contributed by atoms with Crippen LogP contribution in [0.3, 0.4) is 0 Å². The molecule has 1 aliphatic heterocycles. The summed E-state index contributed by atoms with van der Waals surface area (Å²) in [5.41, 5.74) is 0. The Labute approximate surface area is 150 Å². The van der Waals surface area contributed by atoms with Gasteiger partial charge in [-0.05, 0) is 32.0 Å². The molecule has 0 atom stereocenters. The molecule has 134 valence electrons. The molecule has 0 spiro atoms. The number of carbonyl (C=O) groups excluding carboxylic acids is 2. The summed E-state index contributed by atoms with van der Waals surface area (Å²) in [6.45, 7) is 7.35. The number of hydrogen-bond donors (Lipinski definition) is 0. The number of piperazine rings is 1. The molecule has 7 heteroatoms. The minimum absolute atomic E-state index is 0.0287. The zero-order valence-electron chi connectivity index (χ0n) is 14.5. The van der Waals surface area contributed by atoms with E-state index in [2.05, 4.69) is 0 Å². The lowest BCUT2D eigenvalue weighted by Crippen LogP contribution is -2.53. The van der Waals surface area contributed by atoms with Gasteiger partial charge >= 0.3 is 6.03 Å². The fraction of sp³-hybridized carbons (Fsp3) is 0.444. The molecular weight excluding hydrogens is 341 g/mol. The van der Waals surface area contributed by atoms with Crippen molar-refractivity contribution >= 4 is 33.4 Å². The van der Waals surface area contributed by atoms with Crippen molar-refractivity contribution in [1.29, 1.82) is 0 Å². The number of urea groups is 1. The first kappa shape index (κ1) is 17.7. The third-order valence-corrected chi connectivity index (χ3v) is 5.68. The predicted octanol–water partition coefficient (Wildman–Crippen LogP) is 3.26. The van der Waals surface area contributed by atoms with Gasteiger partial charge in [0.15, 0.2) is 0 Å². The maximum atomic E-state index is 13.8. The van der Waals surface area contributed by atoms with E-state index >= 15 is 0 Å². The number of thiophene rings is 1. The molecule has 25 heavy (non-hydrogen) atoms. The Morgan fingerprint density at radius 2 is 1.76 bits per heavy atom. The molecular formula is C18H22FN3O2S. The summed E-state index contributed by atoms with van der Waals surface area (Å²) < 4.78 is 14.6. The molecule has 0 bridgehead atoms. The van der Waals surface area contributed by atoms with Crippen LogP contribution in [-0.2, 0) is 0 Å². The van der Waals surface area contributed by atoms with Gasteiger partial charge in [0, 0.05) is 49.4 Å². The van der Waals surface area contributed by atoms with Crippen LogP contribution >= 0.6 is 11.3 Å². The van der Waals surface area contributed by atoms with Crippen LogP contribution in [0.5, 0.6) is 0 Å². The molecule has 3 amide bonds. The van der Waals surface area contributed by atoms with Gasteiger partial charge in [-0.15, -0.1) is 11.3 Å². The molecule has 2 aromatic rings. The molecule has 1 aliphatic rings. The highest BCUT2D eigenvalue weighted by atomic mass is 32.1. The average Bonchev–Trinajstić information content (AvgIpc) is 3.08. The first-order valence-corrected chi connectivity index (χ1v) is 9.38. The van der Waals surface area contributed by atoms with E-state index in [1.54, 1.807) is 26.8 Å². The lowest BCUT2D eigenvalue weighted by atomic mass is 10.2. The van der Waals surface area contributed by atoms with E-state index in [0.29, 0.717) is 49.5 Å². The highest BCUT2D eigenvalue weighted by Gasteiger charge is 2.27. The van der Waals surface area contributed by atoms with Gasteiger partial charge in [0.05, 0.1) is 4.88 Å². The van der Waals surface area contributed by atoms with Gasteiger partial charge < -0.3 is 14.7 Å². The number of nitrogens with zero attached hydrogens (tertiary/aromatic N) is 3. The lowest BCUT2D eigenvalue weighted by Gasteiger charge is -2.37. The Hall–Kier alpha value is -2.15. The first-order valence-electron chi connectivity index (χ1n) is 8.56. The molecule has 0 radical (unpaired) electrons. The molecule has 0 saturated carbocycles. The van der Waals surface area contributed by atoms with Crippen molar-refractivity contribution in [3.05, 3.63) is 35.0 Å². The zero-order chi connectivity index (χ0) is 18.0.